The molecule has 1 aliphatic carbocycles. The van der Waals surface area contributed by atoms with Crippen LogP contribution in [-0.2, 0) is 0 Å². The molecule has 0 N–H and O–H groups in total. The second-order valence-corrected chi connectivity index (χ2v) is 19.0. The molecule has 7 aromatic carbocycles. The van der Waals surface area contributed by atoms with E-state index in [1.54, 1.807) is 0 Å². The van der Waals surface area contributed by atoms with Gasteiger partial charge in [0, 0.05) is 28.0 Å². The smallest absolute Gasteiger partial charge is 0.179 e. The first kappa shape index (κ1) is 34.2. The summed E-state index contributed by atoms with van der Waals surface area (Å²) in [6.45, 7) is 0. The van der Waals surface area contributed by atoms with Crippen LogP contribution in [0.5, 0.6) is 0 Å². The third-order valence-electron chi connectivity index (χ3n) is 12.0. The van der Waals surface area contributed by atoms with Gasteiger partial charge in [-0.1, -0.05) is 195 Å². The molecule has 0 unspecified atom stereocenters. The number of para-hydroxylation sites is 2. The number of aromatic nitrogens is 3. The molecule has 4 heteroatoms. The summed E-state index contributed by atoms with van der Waals surface area (Å²) in [4.78, 5) is 11.1. The van der Waals surface area contributed by atoms with E-state index >= 15 is 0 Å². The molecule has 1 fully saturated rings. The Hall–Kier alpha value is -6.36. The Labute approximate surface area is 330 Å². The van der Waals surface area contributed by atoms with Gasteiger partial charge >= 0.3 is 0 Å². The van der Waals surface area contributed by atoms with Crippen molar-refractivity contribution in [2.75, 3.05) is 0 Å². The molecule has 0 bridgehead atoms. The van der Waals surface area contributed by atoms with E-state index in [2.05, 4.69) is 199 Å². The van der Waals surface area contributed by atoms with Gasteiger partial charge in [0.2, 0.25) is 0 Å². The molecule has 0 radical (unpaired) electrons. The van der Waals surface area contributed by atoms with Crippen molar-refractivity contribution in [3.05, 3.63) is 200 Å². The lowest BCUT2D eigenvalue weighted by molar-refractivity contribution is 0.444. The predicted octanol–water partition coefficient (Wildman–Crippen LogP) is 10.3. The molecule has 10 rings (SSSR count). The van der Waals surface area contributed by atoms with Crippen LogP contribution in [0.2, 0.25) is 0 Å². The molecule has 0 amide bonds. The van der Waals surface area contributed by atoms with E-state index in [0.717, 1.165) is 33.9 Å². The van der Waals surface area contributed by atoms with Crippen molar-refractivity contribution >= 4 is 50.6 Å². The summed E-state index contributed by atoms with van der Waals surface area (Å²) in [7, 11) is -2.77. The summed E-state index contributed by atoms with van der Waals surface area (Å²) in [5, 5.41) is 7.77. The highest BCUT2D eigenvalue weighted by Gasteiger charge is 2.41. The van der Waals surface area contributed by atoms with Crippen molar-refractivity contribution < 1.29 is 0 Å². The molecular weight excluding hydrogens is 695 g/mol. The van der Waals surface area contributed by atoms with Gasteiger partial charge in [0.25, 0.3) is 0 Å². The topological polar surface area (TPSA) is 30.7 Å². The van der Waals surface area contributed by atoms with Crippen molar-refractivity contribution in [1.29, 1.82) is 0 Å². The zero-order valence-electron chi connectivity index (χ0n) is 31.4. The third-order valence-corrected chi connectivity index (χ3v) is 16.8. The SMILES string of the molecule is c1ccc([Si](c2ccccc2)(c2ccccc2)c2cccc(-c3nc(-c4ccccc4C4CCCCC4)cc(-n4c5ccccc5c5ccccc54)n3)c2)cc1. The van der Waals surface area contributed by atoms with Gasteiger partial charge in [-0.25, -0.2) is 9.97 Å². The van der Waals surface area contributed by atoms with Crippen LogP contribution in [0.3, 0.4) is 0 Å². The molecule has 0 spiro atoms. The Kier molecular flexibility index (Phi) is 8.97. The van der Waals surface area contributed by atoms with Crippen LogP contribution in [0.25, 0.3) is 50.3 Å². The Morgan fingerprint density at radius 1 is 0.446 bits per heavy atom. The van der Waals surface area contributed by atoms with E-state index in [1.807, 2.05) is 0 Å². The van der Waals surface area contributed by atoms with Crippen LogP contribution in [0.15, 0.2) is 194 Å². The normalized spacial score (nSPS) is 13.6. The zero-order chi connectivity index (χ0) is 37.3. The molecule has 0 aliphatic heterocycles. The van der Waals surface area contributed by atoms with Crippen LogP contribution < -0.4 is 20.7 Å². The Bertz CT molecular complexity index is 2640. The molecule has 1 saturated carbocycles. The van der Waals surface area contributed by atoms with Gasteiger partial charge in [-0.15, -0.1) is 0 Å². The minimum atomic E-state index is -2.77. The van der Waals surface area contributed by atoms with Gasteiger partial charge < -0.3 is 0 Å². The van der Waals surface area contributed by atoms with E-state index in [-0.39, 0.29) is 0 Å². The molecule has 0 saturated heterocycles. The third kappa shape index (κ3) is 5.89. The summed E-state index contributed by atoms with van der Waals surface area (Å²) in [5.41, 5.74) is 6.88. The highest BCUT2D eigenvalue weighted by molar-refractivity contribution is 7.19. The second-order valence-electron chi connectivity index (χ2n) is 15.2. The molecule has 1 aliphatic rings. The Morgan fingerprint density at radius 2 is 0.964 bits per heavy atom. The zero-order valence-corrected chi connectivity index (χ0v) is 32.4. The molecule has 270 valence electrons. The predicted molar refractivity (Wildman–Crippen MR) is 237 cm³/mol. The largest absolute Gasteiger partial charge is 0.294 e. The average Bonchev–Trinajstić information content (AvgIpc) is 3.63. The fourth-order valence-corrected chi connectivity index (χ4v) is 14.2. The Balaban J connectivity index is 1.24. The minimum absolute atomic E-state index is 0.535. The number of hydrogen-bond donors (Lipinski definition) is 0. The molecule has 56 heavy (non-hydrogen) atoms. The number of nitrogens with zero attached hydrogens (tertiary/aromatic N) is 3. The van der Waals surface area contributed by atoms with Gasteiger partial charge in [0.15, 0.2) is 13.9 Å². The average molecular weight is 738 g/mol. The first-order valence-corrected chi connectivity index (χ1v) is 22.0. The second kappa shape index (κ2) is 14.7. The summed E-state index contributed by atoms with van der Waals surface area (Å²) >= 11 is 0. The lowest BCUT2D eigenvalue weighted by Gasteiger charge is -2.34. The van der Waals surface area contributed by atoms with Gasteiger partial charge in [0.05, 0.1) is 16.7 Å². The van der Waals surface area contributed by atoms with Crippen molar-refractivity contribution in [2.24, 2.45) is 0 Å². The van der Waals surface area contributed by atoms with Gasteiger partial charge in [-0.05, 0) is 57.2 Å². The summed E-state index contributed by atoms with van der Waals surface area (Å²) < 4.78 is 2.34. The summed E-state index contributed by atoms with van der Waals surface area (Å²) in [5.74, 6) is 2.15. The quantitative estimate of drug-likeness (QED) is 0.115. The van der Waals surface area contributed by atoms with E-state index in [0.29, 0.717) is 5.92 Å². The monoisotopic (exact) mass is 737 g/mol. The molecule has 2 heterocycles. The summed E-state index contributed by atoms with van der Waals surface area (Å²) in [6, 6.07) is 71.1. The van der Waals surface area contributed by atoms with Crippen molar-refractivity contribution in [1.82, 2.24) is 14.5 Å². The maximum atomic E-state index is 5.53. The molecule has 3 nitrogen and oxygen atoms in total. The lowest BCUT2D eigenvalue weighted by atomic mass is 9.81. The molecule has 2 aromatic heterocycles. The highest BCUT2D eigenvalue weighted by atomic mass is 28.3. The van der Waals surface area contributed by atoms with Crippen molar-refractivity contribution in [3.8, 4) is 28.5 Å². The molecule has 0 atom stereocenters. The van der Waals surface area contributed by atoms with E-state index in [9.17, 15) is 0 Å². The fourth-order valence-electron chi connectivity index (χ4n) is 9.44. The van der Waals surface area contributed by atoms with Crippen LogP contribution in [0.1, 0.15) is 43.6 Å². The van der Waals surface area contributed by atoms with Crippen LogP contribution in [0, 0.1) is 0 Å². The first-order valence-electron chi connectivity index (χ1n) is 20.0. The lowest BCUT2D eigenvalue weighted by Crippen LogP contribution is -2.74. The number of benzene rings is 7. The van der Waals surface area contributed by atoms with E-state index in [4.69, 9.17) is 9.97 Å². The number of hydrogen-bond acceptors (Lipinski definition) is 2. The fraction of sp³-hybridized carbons (Fsp3) is 0.115. The maximum absolute atomic E-state index is 5.53. The maximum Gasteiger partial charge on any atom is 0.179 e. The van der Waals surface area contributed by atoms with Crippen molar-refractivity contribution in [2.45, 2.75) is 38.0 Å². The van der Waals surface area contributed by atoms with E-state index < -0.39 is 8.07 Å². The van der Waals surface area contributed by atoms with Crippen LogP contribution >= 0.6 is 0 Å². The standard InChI is InChI=1S/C52H43N3Si/c1-5-20-38(21-6-1)44-30-13-14-31-45(44)48-37-51(55-49-34-17-15-32-46(49)47-33-16-18-35-50(47)55)54-52(53-48)39-22-19-29-43(36-39)56(40-23-7-2-8-24-40,41-25-9-3-10-26-41)42-27-11-4-12-28-42/h2-4,7-19,22-38H,1,5-6,20-21H2. The molecule has 9 aromatic rings. The molecular formula is C52H43N3Si. The van der Waals surface area contributed by atoms with Crippen molar-refractivity contribution in [3.63, 3.8) is 0 Å². The number of rotatable bonds is 8. The van der Waals surface area contributed by atoms with Crippen LogP contribution in [0.4, 0.5) is 0 Å². The first-order chi connectivity index (χ1) is 27.8. The summed E-state index contributed by atoms with van der Waals surface area (Å²) in [6.07, 6.45) is 6.33. The van der Waals surface area contributed by atoms with Gasteiger partial charge in [-0.3, -0.25) is 4.57 Å². The van der Waals surface area contributed by atoms with E-state index in [1.165, 1.54) is 74.8 Å². The Morgan fingerprint density at radius 3 is 1.57 bits per heavy atom. The number of fused-ring (bicyclic) bond motifs is 3. The van der Waals surface area contributed by atoms with Crippen LogP contribution in [-0.4, -0.2) is 22.6 Å². The minimum Gasteiger partial charge on any atom is -0.294 e. The van der Waals surface area contributed by atoms with Gasteiger partial charge in [-0.2, -0.15) is 0 Å². The van der Waals surface area contributed by atoms with Gasteiger partial charge in [0.1, 0.15) is 5.82 Å². The highest BCUT2D eigenvalue weighted by Crippen LogP contribution is 2.39.